The Bertz CT molecular complexity index is 622. The molecule has 0 saturated carbocycles. The number of halogens is 1. The van der Waals surface area contributed by atoms with E-state index in [9.17, 15) is 0 Å². The van der Waals surface area contributed by atoms with Gasteiger partial charge in [-0.2, -0.15) is 0 Å². The van der Waals surface area contributed by atoms with Gasteiger partial charge in [-0.1, -0.05) is 32.0 Å². The van der Waals surface area contributed by atoms with Gasteiger partial charge in [-0.05, 0) is 12.0 Å². The van der Waals surface area contributed by atoms with Crippen LogP contribution in [-0.4, -0.2) is 10.8 Å². The third kappa shape index (κ3) is 2.63. The molecule has 0 atom stereocenters. The zero-order chi connectivity index (χ0) is 12.5. The minimum absolute atomic E-state index is 0. The predicted molar refractivity (Wildman–Crippen MR) is 82.3 cm³/mol. The van der Waals surface area contributed by atoms with Crippen LogP contribution in [0.2, 0.25) is 0 Å². The predicted octanol–water partition coefficient (Wildman–Crippen LogP) is 3.66. The molecule has 1 aromatic carbocycles. The van der Waals surface area contributed by atoms with Crippen molar-refractivity contribution in [3.8, 4) is 0 Å². The Morgan fingerprint density at radius 1 is 1.16 bits per heavy atom. The van der Waals surface area contributed by atoms with Crippen LogP contribution in [0.4, 0.5) is 11.4 Å². The first-order valence-electron chi connectivity index (χ1n) is 6.21. The van der Waals surface area contributed by atoms with Crippen LogP contribution in [0.25, 0.3) is 10.9 Å². The Labute approximate surface area is 118 Å². The number of pyridine rings is 1. The van der Waals surface area contributed by atoms with E-state index in [0.29, 0.717) is 5.92 Å². The van der Waals surface area contributed by atoms with Crippen molar-refractivity contribution in [2.45, 2.75) is 20.3 Å². The number of benzene rings is 1. The highest BCUT2D eigenvalue weighted by molar-refractivity contribution is 6.01. The van der Waals surface area contributed by atoms with Crippen LogP contribution < -0.4 is 10.9 Å². The second-order valence-electron chi connectivity index (χ2n) is 4.94. The van der Waals surface area contributed by atoms with E-state index in [2.05, 4.69) is 40.7 Å². The molecule has 0 bridgehead atoms. The molecule has 5 heteroatoms. The van der Waals surface area contributed by atoms with E-state index < -0.39 is 0 Å². The maximum absolute atomic E-state index is 4.62. The average molecular weight is 277 g/mol. The van der Waals surface area contributed by atoms with E-state index in [1.54, 1.807) is 0 Å². The molecule has 100 valence electrons. The molecular weight excluding hydrogens is 260 g/mol. The second kappa shape index (κ2) is 5.45. The van der Waals surface area contributed by atoms with Gasteiger partial charge in [-0.15, -0.1) is 12.4 Å². The van der Waals surface area contributed by atoms with Gasteiger partial charge < -0.3 is 0 Å². The number of hydrazine groups is 1. The third-order valence-electron chi connectivity index (χ3n) is 2.94. The average Bonchev–Trinajstić information content (AvgIpc) is 2.37. The van der Waals surface area contributed by atoms with Gasteiger partial charge in [0.2, 0.25) is 0 Å². The molecule has 0 spiro atoms. The SMILES string of the molecule is CC(C)CC1=Nc2cnc3ccccc3c2NN1.Cl. The number of fused-ring (bicyclic) bond motifs is 3. The number of nitrogens with one attached hydrogen (secondary N) is 2. The van der Waals surface area contributed by atoms with Gasteiger partial charge in [0.15, 0.2) is 0 Å². The van der Waals surface area contributed by atoms with Crippen molar-refractivity contribution >= 4 is 40.5 Å². The van der Waals surface area contributed by atoms with E-state index in [-0.39, 0.29) is 12.4 Å². The number of hydrogen-bond acceptors (Lipinski definition) is 4. The first-order chi connectivity index (χ1) is 8.74. The number of amidine groups is 1. The molecule has 0 unspecified atom stereocenters. The number of hydrogen-bond donors (Lipinski definition) is 2. The molecule has 4 nitrogen and oxygen atoms in total. The zero-order valence-electron chi connectivity index (χ0n) is 11.0. The molecule has 3 rings (SSSR count). The van der Waals surface area contributed by atoms with Gasteiger partial charge in [-0.25, -0.2) is 4.99 Å². The molecule has 1 aromatic heterocycles. The third-order valence-corrected chi connectivity index (χ3v) is 2.94. The van der Waals surface area contributed by atoms with Crippen molar-refractivity contribution in [3.63, 3.8) is 0 Å². The van der Waals surface area contributed by atoms with Gasteiger partial charge in [0.25, 0.3) is 0 Å². The van der Waals surface area contributed by atoms with Crippen molar-refractivity contribution in [1.29, 1.82) is 0 Å². The summed E-state index contributed by atoms with van der Waals surface area (Å²) < 4.78 is 0. The van der Waals surface area contributed by atoms with Crippen LogP contribution >= 0.6 is 12.4 Å². The molecule has 2 N–H and O–H groups in total. The van der Waals surface area contributed by atoms with E-state index in [1.165, 1.54) is 0 Å². The lowest BCUT2D eigenvalue weighted by Crippen LogP contribution is -2.33. The zero-order valence-corrected chi connectivity index (χ0v) is 11.8. The van der Waals surface area contributed by atoms with E-state index in [0.717, 1.165) is 34.5 Å². The molecule has 2 heterocycles. The number of anilines is 1. The van der Waals surface area contributed by atoms with Gasteiger partial charge in [-0.3, -0.25) is 15.8 Å². The van der Waals surface area contributed by atoms with Gasteiger partial charge >= 0.3 is 0 Å². The molecule has 0 radical (unpaired) electrons. The summed E-state index contributed by atoms with van der Waals surface area (Å²) in [6.45, 7) is 4.36. The summed E-state index contributed by atoms with van der Waals surface area (Å²) in [4.78, 5) is 9.05. The van der Waals surface area contributed by atoms with Crippen molar-refractivity contribution in [2.75, 3.05) is 5.43 Å². The topological polar surface area (TPSA) is 49.3 Å². The Morgan fingerprint density at radius 2 is 1.95 bits per heavy atom. The van der Waals surface area contributed by atoms with Gasteiger partial charge in [0, 0.05) is 11.8 Å². The van der Waals surface area contributed by atoms with Crippen LogP contribution in [0.5, 0.6) is 0 Å². The molecule has 1 aliphatic rings. The van der Waals surface area contributed by atoms with Crippen molar-refractivity contribution in [3.05, 3.63) is 30.5 Å². The van der Waals surface area contributed by atoms with E-state index in [1.807, 2.05) is 24.4 Å². The summed E-state index contributed by atoms with van der Waals surface area (Å²) in [5.74, 6) is 1.54. The fourth-order valence-corrected chi connectivity index (χ4v) is 2.14. The van der Waals surface area contributed by atoms with Crippen molar-refractivity contribution in [1.82, 2.24) is 10.4 Å². The van der Waals surface area contributed by atoms with Crippen LogP contribution in [-0.2, 0) is 0 Å². The van der Waals surface area contributed by atoms with Crippen molar-refractivity contribution < 1.29 is 0 Å². The monoisotopic (exact) mass is 276 g/mol. The number of aromatic nitrogens is 1. The Hall–Kier alpha value is -1.81. The normalized spacial score (nSPS) is 13.1. The standard InChI is InChI=1S/C14H16N4.ClH/c1-9(2)7-13-16-12-8-15-11-6-4-3-5-10(11)14(12)18-17-13;/h3-6,8-9,18H,7H2,1-2H3,(H,16,17);1H. The number of para-hydroxylation sites is 1. The van der Waals surface area contributed by atoms with Crippen LogP contribution in [0, 0.1) is 5.92 Å². The highest BCUT2D eigenvalue weighted by atomic mass is 35.5. The Balaban J connectivity index is 0.00000133. The minimum Gasteiger partial charge on any atom is -0.297 e. The van der Waals surface area contributed by atoms with Gasteiger partial charge in [0.05, 0.1) is 17.4 Å². The Morgan fingerprint density at radius 3 is 2.74 bits per heavy atom. The smallest absolute Gasteiger partial charge is 0.121 e. The number of rotatable bonds is 2. The maximum atomic E-state index is 4.62. The molecule has 0 fully saturated rings. The maximum Gasteiger partial charge on any atom is 0.121 e. The van der Waals surface area contributed by atoms with Crippen LogP contribution in [0.15, 0.2) is 35.5 Å². The van der Waals surface area contributed by atoms with Crippen LogP contribution in [0.1, 0.15) is 20.3 Å². The summed E-state index contributed by atoms with van der Waals surface area (Å²) in [6.07, 6.45) is 2.76. The minimum atomic E-state index is 0. The lowest BCUT2D eigenvalue weighted by atomic mass is 10.1. The highest BCUT2D eigenvalue weighted by Crippen LogP contribution is 2.33. The molecule has 0 amide bonds. The fourth-order valence-electron chi connectivity index (χ4n) is 2.14. The number of aliphatic imine (C=N–C) groups is 1. The van der Waals surface area contributed by atoms with E-state index >= 15 is 0 Å². The molecular formula is C14H17ClN4. The molecule has 19 heavy (non-hydrogen) atoms. The summed E-state index contributed by atoms with van der Waals surface area (Å²) in [5, 5.41) is 1.09. The summed E-state index contributed by atoms with van der Waals surface area (Å²) in [7, 11) is 0. The summed E-state index contributed by atoms with van der Waals surface area (Å²) in [6, 6.07) is 8.06. The van der Waals surface area contributed by atoms with Crippen LogP contribution in [0.3, 0.4) is 0 Å². The molecule has 0 aliphatic carbocycles. The summed E-state index contributed by atoms with van der Waals surface area (Å²) in [5.41, 5.74) is 9.30. The largest absolute Gasteiger partial charge is 0.297 e. The Kier molecular flexibility index (Phi) is 3.90. The number of nitrogens with zero attached hydrogens (tertiary/aromatic N) is 2. The first kappa shape index (κ1) is 13.6. The van der Waals surface area contributed by atoms with E-state index in [4.69, 9.17) is 0 Å². The lowest BCUT2D eigenvalue weighted by Gasteiger charge is -2.21. The lowest BCUT2D eigenvalue weighted by molar-refractivity contribution is 0.672. The highest BCUT2D eigenvalue weighted by Gasteiger charge is 2.14. The first-order valence-corrected chi connectivity index (χ1v) is 6.21. The molecule has 1 aliphatic heterocycles. The quantitative estimate of drug-likeness (QED) is 0.880. The molecule has 0 saturated heterocycles. The van der Waals surface area contributed by atoms with Gasteiger partial charge in [0.1, 0.15) is 11.5 Å². The molecule has 2 aromatic rings. The summed E-state index contributed by atoms with van der Waals surface area (Å²) >= 11 is 0. The van der Waals surface area contributed by atoms with Crippen molar-refractivity contribution in [2.24, 2.45) is 10.9 Å². The second-order valence-corrected chi connectivity index (χ2v) is 4.94. The fraction of sp³-hybridized carbons (Fsp3) is 0.286.